The third-order valence-electron chi connectivity index (χ3n) is 2.73. The highest BCUT2D eigenvalue weighted by atomic mass is 16.5. The number of hydrogen-bond donors (Lipinski definition) is 1. The van der Waals surface area contributed by atoms with Crippen molar-refractivity contribution < 1.29 is 4.52 Å². The van der Waals surface area contributed by atoms with E-state index in [-0.39, 0.29) is 0 Å². The van der Waals surface area contributed by atoms with Crippen molar-refractivity contribution in [1.29, 1.82) is 0 Å². The monoisotopic (exact) mass is 255 g/mol. The third kappa shape index (κ3) is 2.37. The molecule has 2 aromatic heterocycles. The summed E-state index contributed by atoms with van der Waals surface area (Å²) in [5, 5.41) is 7.00. The van der Waals surface area contributed by atoms with Gasteiger partial charge in [-0.2, -0.15) is 4.98 Å². The van der Waals surface area contributed by atoms with Gasteiger partial charge in [-0.25, -0.2) is 9.97 Å². The second-order valence-electron chi connectivity index (χ2n) is 4.23. The molecule has 0 saturated carbocycles. The van der Waals surface area contributed by atoms with Crippen LogP contribution in [0.1, 0.15) is 17.4 Å². The molecule has 3 rings (SSSR count). The van der Waals surface area contributed by atoms with Crippen molar-refractivity contribution in [2.75, 3.05) is 5.32 Å². The van der Waals surface area contributed by atoms with E-state index in [2.05, 4.69) is 25.4 Å². The molecule has 6 heteroatoms. The van der Waals surface area contributed by atoms with Crippen LogP contribution in [-0.4, -0.2) is 20.1 Å². The highest BCUT2D eigenvalue weighted by Crippen LogP contribution is 2.16. The first-order valence-electron chi connectivity index (χ1n) is 5.99. The smallest absolute Gasteiger partial charge is 0.223 e. The Morgan fingerprint density at radius 1 is 1.05 bits per heavy atom. The van der Waals surface area contributed by atoms with Crippen LogP contribution < -0.4 is 5.32 Å². The fourth-order valence-corrected chi connectivity index (χ4v) is 1.83. The largest absolute Gasteiger partial charge is 0.361 e. The fraction of sp³-hybridized carbons (Fsp3) is 0.231. The number of benzene rings is 1. The number of para-hydroxylation sites is 2. The van der Waals surface area contributed by atoms with Crippen LogP contribution >= 0.6 is 0 Å². The molecule has 1 aromatic carbocycles. The number of hydrogen-bond acceptors (Lipinski definition) is 6. The van der Waals surface area contributed by atoms with Gasteiger partial charge < -0.3 is 9.84 Å². The lowest BCUT2D eigenvalue weighted by molar-refractivity contribution is 0.388. The zero-order valence-corrected chi connectivity index (χ0v) is 10.7. The molecule has 3 aromatic rings. The van der Waals surface area contributed by atoms with E-state index in [1.807, 2.05) is 31.2 Å². The van der Waals surface area contributed by atoms with Crippen LogP contribution in [0.5, 0.6) is 0 Å². The quantitative estimate of drug-likeness (QED) is 0.773. The molecule has 0 bridgehead atoms. The van der Waals surface area contributed by atoms with Gasteiger partial charge in [-0.05, 0) is 19.1 Å². The molecule has 6 nitrogen and oxygen atoms in total. The highest BCUT2D eigenvalue weighted by molar-refractivity contribution is 5.76. The average molecular weight is 255 g/mol. The summed E-state index contributed by atoms with van der Waals surface area (Å²) in [6.07, 6.45) is 0. The van der Waals surface area contributed by atoms with Crippen LogP contribution in [0.2, 0.25) is 0 Å². The van der Waals surface area contributed by atoms with Crippen molar-refractivity contribution >= 4 is 16.9 Å². The van der Waals surface area contributed by atoms with Gasteiger partial charge in [-0.3, -0.25) is 0 Å². The van der Waals surface area contributed by atoms with Crippen molar-refractivity contribution in [2.24, 2.45) is 0 Å². The molecule has 0 atom stereocenters. The molecule has 96 valence electrons. The van der Waals surface area contributed by atoms with E-state index in [1.165, 1.54) is 0 Å². The third-order valence-corrected chi connectivity index (χ3v) is 2.73. The summed E-state index contributed by atoms with van der Waals surface area (Å²) in [6.45, 7) is 4.14. The molecule has 0 fully saturated rings. The maximum atomic E-state index is 4.92. The molecule has 19 heavy (non-hydrogen) atoms. The van der Waals surface area contributed by atoms with Crippen LogP contribution in [0, 0.1) is 13.8 Å². The van der Waals surface area contributed by atoms with Crippen LogP contribution in [0.4, 0.5) is 5.82 Å². The van der Waals surface area contributed by atoms with Gasteiger partial charge in [0, 0.05) is 6.92 Å². The minimum absolute atomic E-state index is 0.463. The van der Waals surface area contributed by atoms with Crippen molar-refractivity contribution in [3.05, 3.63) is 41.7 Å². The van der Waals surface area contributed by atoms with Crippen molar-refractivity contribution in [3.8, 4) is 0 Å². The van der Waals surface area contributed by atoms with Crippen molar-refractivity contribution in [1.82, 2.24) is 20.1 Å². The molecule has 0 aliphatic carbocycles. The van der Waals surface area contributed by atoms with Crippen molar-refractivity contribution in [3.63, 3.8) is 0 Å². The maximum Gasteiger partial charge on any atom is 0.223 e. The first-order chi connectivity index (χ1) is 9.22. The number of nitrogens with one attached hydrogen (secondary N) is 1. The van der Waals surface area contributed by atoms with E-state index in [9.17, 15) is 0 Å². The van der Waals surface area contributed by atoms with Gasteiger partial charge in [-0.1, -0.05) is 17.3 Å². The Morgan fingerprint density at radius 2 is 1.79 bits per heavy atom. The molecule has 0 saturated heterocycles. The lowest BCUT2D eigenvalue weighted by Crippen LogP contribution is -2.06. The van der Waals surface area contributed by atoms with E-state index in [4.69, 9.17) is 4.52 Å². The first kappa shape index (κ1) is 11.6. The highest BCUT2D eigenvalue weighted by Gasteiger charge is 2.06. The summed E-state index contributed by atoms with van der Waals surface area (Å²) in [5.41, 5.74) is 2.60. The number of rotatable bonds is 3. The second kappa shape index (κ2) is 4.64. The van der Waals surface area contributed by atoms with Crippen LogP contribution in [-0.2, 0) is 6.54 Å². The predicted molar refractivity (Wildman–Crippen MR) is 70.6 cm³/mol. The van der Waals surface area contributed by atoms with E-state index < -0.39 is 0 Å². The van der Waals surface area contributed by atoms with Gasteiger partial charge in [0.2, 0.25) is 5.89 Å². The topological polar surface area (TPSA) is 76.7 Å². The molecule has 0 aliphatic rings. The van der Waals surface area contributed by atoms with E-state index in [1.54, 1.807) is 6.92 Å². The van der Waals surface area contributed by atoms with Crippen molar-refractivity contribution in [2.45, 2.75) is 20.4 Å². The number of anilines is 1. The Morgan fingerprint density at radius 3 is 2.47 bits per heavy atom. The summed E-state index contributed by atoms with van der Waals surface area (Å²) < 4.78 is 4.92. The minimum atomic E-state index is 0.463. The molecular formula is C13H13N5O. The average Bonchev–Trinajstić information content (AvgIpc) is 2.82. The Bertz CT molecular complexity index is 722. The number of nitrogens with zero attached hydrogens (tertiary/aromatic N) is 4. The van der Waals surface area contributed by atoms with Crippen LogP contribution in [0.3, 0.4) is 0 Å². The van der Waals surface area contributed by atoms with Crippen LogP contribution in [0.15, 0.2) is 28.8 Å². The zero-order valence-electron chi connectivity index (χ0n) is 10.7. The second-order valence-corrected chi connectivity index (χ2v) is 4.23. The van der Waals surface area contributed by atoms with Gasteiger partial charge in [0.1, 0.15) is 5.82 Å². The molecule has 0 amide bonds. The zero-order chi connectivity index (χ0) is 13.2. The fourth-order valence-electron chi connectivity index (χ4n) is 1.83. The lowest BCUT2D eigenvalue weighted by Gasteiger charge is -2.07. The van der Waals surface area contributed by atoms with E-state index >= 15 is 0 Å². The Hall–Kier alpha value is -2.50. The van der Waals surface area contributed by atoms with Gasteiger partial charge in [0.25, 0.3) is 0 Å². The SMILES string of the molecule is Cc1nc(CNc2nc3ccccc3nc2C)no1. The van der Waals surface area contributed by atoms with Gasteiger partial charge in [0.15, 0.2) is 5.82 Å². The van der Waals surface area contributed by atoms with E-state index in [0.717, 1.165) is 22.5 Å². The molecule has 1 N–H and O–H groups in total. The lowest BCUT2D eigenvalue weighted by atomic mass is 10.3. The van der Waals surface area contributed by atoms with Gasteiger partial charge in [-0.15, -0.1) is 0 Å². The first-order valence-corrected chi connectivity index (χ1v) is 5.99. The summed E-state index contributed by atoms with van der Waals surface area (Å²) in [7, 11) is 0. The summed E-state index contributed by atoms with van der Waals surface area (Å²) in [6, 6.07) is 7.78. The number of aryl methyl sites for hydroxylation is 2. The van der Waals surface area contributed by atoms with Gasteiger partial charge >= 0.3 is 0 Å². The summed E-state index contributed by atoms with van der Waals surface area (Å²) in [4.78, 5) is 13.2. The molecule has 0 radical (unpaired) electrons. The number of aromatic nitrogens is 4. The Balaban J connectivity index is 1.86. The molecule has 2 heterocycles. The molecule has 0 spiro atoms. The Labute approximate surface area is 109 Å². The predicted octanol–water partition coefficient (Wildman–Crippen LogP) is 2.24. The number of fused-ring (bicyclic) bond motifs is 1. The molecule has 0 aliphatic heterocycles. The maximum absolute atomic E-state index is 4.92. The summed E-state index contributed by atoms with van der Waals surface area (Å²) in [5.74, 6) is 1.89. The minimum Gasteiger partial charge on any atom is -0.361 e. The standard InChI is InChI=1S/C13H13N5O/c1-8-13(14-7-12-16-9(2)19-18-12)17-11-6-4-3-5-10(11)15-8/h3-6H,7H2,1-2H3,(H,14,17). The molecule has 0 unspecified atom stereocenters. The van der Waals surface area contributed by atoms with Gasteiger partial charge in [0.05, 0.1) is 23.3 Å². The summed E-state index contributed by atoms with van der Waals surface area (Å²) >= 11 is 0. The van der Waals surface area contributed by atoms with E-state index in [0.29, 0.717) is 18.3 Å². The van der Waals surface area contributed by atoms with Crippen LogP contribution in [0.25, 0.3) is 11.0 Å². The Kier molecular flexibility index (Phi) is 2.83. The normalized spacial score (nSPS) is 10.8. The molecular weight excluding hydrogens is 242 g/mol.